The molecule has 0 aliphatic heterocycles. The average Bonchev–Trinajstić information content (AvgIpc) is 2.11. The molecule has 1 N–H and O–H groups in total. The van der Waals surface area contributed by atoms with Gasteiger partial charge >= 0.3 is 5.97 Å². The number of hydrogen-bond acceptors (Lipinski definition) is 3. The Kier molecular flexibility index (Phi) is 4.27. The van der Waals surface area contributed by atoms with Crippen LogP contribution < -0.4 is 0 Å². The summed E-state index contributed by atoms with van der Waals surface area (Å²) < 4.78 is 5.60. The van der Waals surface area contributed by atoms with Crippen LogP contribution in [0.1, 0.15) is 40.5 Å². The van der Waals surface area contributed by atoms with Crippen LogP contribution >= 0.6 is 22.6 Å². The lowest BCUT2D eigenvalue weighted by Crippen LogP contribution is -2.53. The van der Waals surface area contributed by atoms with Gasteiger partial charge in [0.15, 0.2) is 0 Å². The molecule has 0 saturated heterocycles. The van der Waals surface area contributed by atoms with Gasteiger partial charge in [-0.05, 0) is 25.2 Å². The Bertz CT molecular complexity index is 273. The molecular weight excluding hydrogens is 319 g/mol. The Balaban J connectivity index is 2.83. The van der Waals surface area contributed by atoms with E-state index < -0.39 is 5.60 Å². The van der Waals surface area contributed by atoms with E-state index in [1.807, 2.05) is 6.92 Å². The molecule has 1 aliphatic carbocycles. The Labute approximate surface area is 111 Å². The molecule has 1 aliphatic rings. The molecular formula is C12H21IO3. The molecule has 0 aromatic rings. The Hall–Kier alpha value is 0.160. The first-order valence-corrected chi connectivity index (χ1v) is 6.92. The fraction of sp³-hybridized carbons (Fsp3) is 0.917. The van der Waals surface area contributed by atoms with Crippen molar-refractivity contribution in [1.82, 2.24) is 0 Å². The molecule has 0 unspecified atom stereocenters. The fourth-order valence-corrected chi connectivity index (χ4v) is 3.33. The smallest absolute Gasteiger partial charge is 0.302 e. The van der Waals surface area contributed by atoms with Crippen LogP contribution in [0.25, 0.3) is 0 Å². The molecule has 4 heteroatoms. The molecule has 0 radical (unpaired) electrons. The summed E-state index contributed by atoms with van der Waals surface area (Å²) in [6.07, 6.45) is 1.78. The zero-order valence-electron chi connectivity index (χ0n) is 10.4. The molecule has 0 aromatic heterocycles. The van der Waals surface area contributed by atoms with Crippen LogP contribution in [0.5, 0.6) is 0 Å². The van der Waals surface area contributed by atoms with Gasteiger partial charge < -0.3 is 9.84 Å². The second-order valence-corrected chi connectivity index (χ2v) is 7.04. The Morgan fingerprint density at radius 3 is 2.56 bits per heavy atom. The summed E-state index contributed by atoms with van der Waals surface area (Å²) in [5.74, 6) is -0.276. The summed E-state index contributed by atoms with van der Waals surface area (Å²) >= 11 is 2.44. The van der Waals surface area contributed by atoms with Crippen LogP contribution in [0.4, 0.5) is 0 Å². The quantitative estimate of drug-likeness (QED) is 0.477. The lowest BCUT2D eigenvalue weighted by Gasteiger charge is -2.50. The number of ether oxygens (including phenoxy) is 1. The van der Waals surface area contributed by atoms with Gasteiger partial charge in [-0.1, -0.05) is 36.4 Å². The normalized spacial score (nSPS) is 38.1. The second-order valence-electron chi connectivity index (χ2n) is 5.54. The van der Waals surface area contributed by atoms with Gasteiger partial charge in [-0.2, -0.15) is 0 Å². The monoisotopic (exact) mass is 340 g/mol. The molecule has 1 fully saturated rings. The maximum absolute atomic E-state index is 10.9. The van der Waals surface area contributed by atoms with Crippen LogP contribution in [0, 0.1) is 11.3 Å². The van der Waals surface area contributed by atoms with Crippen LogP contribution in [0.15, 0.2) is 0 Å². The van der Waals surface area contributed by atoms with Crippen molar-refractivity contribution >= 4 is 28.6 Å². The predicted molar refractivity (Wildman–Crippen MR) is 71.6 cm³/mol. The van der Waals surface area contributed by atoms with Crippen molar-refractivity contribution in [2.75, 3.05) is 6.61 Å². The van der Waals surface area contributed by atoms with Crippen molar-refractivity contribution in [1.29, 1.82) is 0 Å². The number of hydrogen-bond donors (Lipinski definition) is 1. The summed E-state index contributed by atoms with van der Waals surface area (Å²) in [6, 6.07) is 0. The SMILES string of the molecule is CC(=O)OC[C@H]1C(C)(C)[C@@H](I)CC[C@]1(C)O. The molecule has 94 valence electrons. The van der Waals surface area contributed by atoms with Gasteiger partial charge in [-0.15, -0.1) is 0 Å². The van der Waals surface area contributed by atoms with Gasteiger partial charge in [0.05, 0.1) is 12.2 Å². The standard InChI is InChI=1S/C12H21IO3/c1-8(14)16-7-9-11(2,3)10(13)5-6-12(9,4)15/h9-10,15H,5-7H2,1-4H3/t9-,10-,12-/m0/s1. The van der Waals surface area contributed by atoms with Gasteiger partial charge in [0.1, 0.15) is 0 Å². The number of aliphatic hydroxyl groups is 1. The molecule has 1 saturated carbocycles. The van der Waals surface area contributed by atoms with Crippen molar-refractivity contribution in [3.05, 3.63) is 0 Å². The van der Waals surface area contributed by atoms with E-state index in [1.165, 1.54) is 6.92 Å². The number of carbonyl (C=O) groups excluding carboxylic acids is 1. The van der Waals surface area contributed by atoms with Gasteiger partial charge in [0.25, 0.3) is 0 Å². The number of rotatable bonds is 2. The highest BCUT2D eigenvalue weighted by Gasteiger charge is 2.50. The third kappa shape index (κ3) is 2.88. The minimum atomic E-state index is -0.735. The molecule has 0 amide bonds. The minimum Gasteiger partial charge on any atom is -0.465 e. The molecule has 3 atom stereocenters. The summed E-state index contributed by atoms with van der Waals surface area (Å²) in [4.78, 5) is 10.9. The molecule has 0 aromatic carbocycles. The molecule has 0 heterocycles. The summed E-state index contributed by atoms with van der Waals surface area (Å²) in [5.41, 5.74) is -0.752. The highest BCUT2D eigenvalue weighted by Crippen LogP contribution is 2.49. The average molecular weight is 340 g/mol. The van der Waals surface area contributed by atoms with Crippen molar-refractivity contribution in [3.63, 3.8) is 0 Å². The van der Waals surface area contributed by atoms with E-state index in [-0.39, 0.29) is 17.3 Å². The second kappa shape index (κ2) is 4.80. The molecule has 1 rings (SSSR count). The van der Waals surface area contributed by atoms with Gasteiger partial charge in [-0.25, -0.2) is 0 Å². The lowest BCUT2D eigenvalue weighted by molar-refractivity contribution is -0.153. The van der Waals surface area contributed by atoms with E-state index in [4.69, 9.17) is 4.74 Å². The zero-order valence-corrected chi connectivity index (χ0v) is 12.6. The number of esters is 1. The van der Waals surface area contributed by atoms with E-state index in [1.54, 1.807) is 0 Å². The number of halogens is 1. The maximum atomic E-state index is 10.9. The summed E-state index contributed by atoms with van der Waals surface area (Å²) in [7, 11) is 0. The fourth-order valence-electron chi connectivity index (χ4n) is 2.58. The molecule has 0 spiro atoms. The van der Waals surface area contributed by atoms with Gasteiger partial charge in [0.2, 0.25) is 0 Å². The predicted octanol–water partition coefficient (Wildman–Crippen LogP) is 2.54. The first-order chi connectivity index (χ1) is 7.18. The number of carbonyl (C=O) groups is 1. The van der Waals surface area contributed by atoms with Crippen LogP contribution in [0.3, 0.4) is 0 Å². The van der Waals surface area contributed by atoms with E-state index in [0.29, 0.717) is 10.5 Å². The Morgan fingerprint density at radius 1 is 1.50 bits per heavy atom. The zero-order chi connectivity index (χ0) is 12.6. The van der Waals surface area contributed by atoms with E-state index >= 15 is 0 Å². The van der Waals surface area contributed by atoms with Crippen LogP contribution in [-0.4, -0.2) is 27.2 Å². The minimum absolute atomic E-state index is 0.000417. The van der Waals surface area contributed by atoms with E-state index in [2.05, 4.69) is 36.4 Å². The molecule has 3 nitrogen and oxygen atoms in total. The first kappa shape index (κ1) is 14.2. The van der Waals surface area contributed by atoms with Crippen molar-refractivity contribution in [2.45, 2.75) is 50.1 Å². The largest absolute Gasteiger partial charge is 0.465 e. The third-order valence-corrected chi connectivity index (χ3v) is 6.04. The molecule has 0 bridgehead atoms. The first-order valence-electron chi connectivity index (χ1n) is 5.67. The topological polar surface area (TPSA) is 46.5 Å². The summed E-state index contributed by atoms with van der Waals surface area (Å²) in [5, 5.41) is 10.4. The van der Waals surface area contributed by atoms with Gasteiger partial charge in [0, 0.05) is 16.8 Å². The highest BCUT2D eigenvalue weighted by molar-refractivity contribution is 14.1. The van der Waals surface area contributed by atoms with Crippen molar-refractivity contribution in [3.8, 4) is 0 Å². The van der Waals surface area contributed by atoms with Gasteiger partial charge in [-0.3, -0.25) is 4.79 Å². The van der Waals surface area contributed by atoms with Crippen LogP contribution in [-0.2, 0) is 9.53 Å². The molecule has 16 heavy (non-hydrogen) atoms. The van der Waals surface area contributed by atoms with E-state index in [0.717, 1.165) is 12.8 Å². The Morgan fingerprint density at radius 2 is 2.06 bits per heavy atom. The van der Waals surface area contributed by atoms with E-state index in [9.17, 15) is 9.90 Å². The van der Waals surface area contributed by atoms with Crippen molar-refractivity contribution < 1.29 is 14.6 Å². The maximum Gasteiger partial charge on any atom is 0.302 e. The summed E-state index contributed by atoms with van der Waals surface area (Å²) in [6.45, 7) is 7.87. The highest BCUT2D eigenvalue weighted by atomic mass is 127. The lowest BCUT2D eigenvalue weighted by atomic mass is 9.62. The number of alkyl halides is 1. The third-order valence-electron chi connectivity index (χ3n) is 3.81. The van der Waals surface area contributed by atoms with Crippen molar-refractivity contribution in [2.24, 2.45) is 11.3 Å². The van der Waals surface area contributed by atoms with Crippen LogP contribution in [0.2, 0.25) is 0 Å².